The van der Waals surface area contributed by atoms with E-state index >= 15 is 0 Å². The predicted molar refractivity (Wildman–Crippen MR) is 207 cm³/mol. The van der Waals surface area contributed by atoms with Gasteiger partial charge in [-0.25, -0.2) is 4.98 Å². The number of pyridine rings is 1. The van der Waals surface area contributed by atoms with E-state index < -0.39 is 16.1 Å². The van der Waals surface area contributed by atoms with Crippen molar-refractivity contribution in [1.82, 2.24) is 19.6 Å². The molecule has 7 rings (SSSR count). The number of benzene rings is 1. The van der Waals surface area contributed by atoms with Gasteiger partial charge in [0.25, 0.3) is 0 Å². The second-order valence-corrected chi connectivity index (χ2v) is 28.8. The van der Waals surface area contributed by atoms with Gasteiger partial charge in [-0.1, -0.05) is 88.5 Å². The smallest absolute Gasteiger partial charge is 0.165 e. The maximum atomic E-state index is 6.52. The van der Waals surface area contributed by atoms with Crippen molar-refractivity contribution in [3.05, 3.63) is 66.1 Å². The average molecular weight is 696 g/mol. The van der Waals surface area contributed by atoms with Crippen molar-refractivity contribution in [2.75, 3.05) is 31.6 Å². The normalized spacial score (nSPS) is 21.1. The first-order chi connectivity index (χ1) is 23.5. The van der Waals surface area contributed by atoms with Crippen LogP contribution in [0.5, 0.6) is 0 Å². The molecule has 0 amide bonds. The first kappa shape index (κ1) is 34.6. The third-order valence-electron chi connectivity index (χ3n) is 10.9. The molecule has 0 N–H and O–H groups in total. The quantitative estimate of drug-likeness (QED) is 0.0701. The lowest BCUT2D eigenvalue weighted by atomic mass is 9.78. The molecule has 3 saturated carbocycles. The first-order valence-electron chi connectivity index (χ1n) is 18.9. The summed E-state index contributed by atoms with van der Waals surface area (Å²) < 4.78 is 15.2. The second kappa shape index (κ2) is 14.4. The molecule has 3 heterocycles. The molecular weight excluding hydrogens is 639 g/mol. The number of nitrogens with zero attached hydrogens (tertiary/aromatic N) is 5. The first-order valence-corrected chi connectivity index (χ1v) is 26.3. The Bertz CT molecular complexity index is 1680. The highest BCUT2D eigenvalue weighted by molar-refractivity contribution is 6.76. The van der Waals surface area contributed by atoms with Gasteiger partial charge in [0.15, 0.2) is 5.65 Å². The Morgan fingerprint density at radius 1 is 0.735 bits per heavy atom. The number of rotatable bonds is 15. The molecule has 3 fully saturated rings. The van der Waals surface area contributed by atoms with Gasteiger partial charge in [-0.2, -0.15) is 9.61 Å². The maximum absolute atomic E-state index is 6.52. The van der Waals surface area contributed by atoms with Crippen LogP contribution in [-0.4, -0.2) is 62.4 Å². The molecule has 7 nitrogen and oxygen atoms in total. The zero-order valence-corrected chi connectivity index (χ0v) is 32.8. The van der Waals surface area contributed by atoms with Crippen LogP contribution in [0.25, 0.3) is 28.0 Å². The summed E-state index contributed by atoms with van der Waals surface area (Å²) in [5.41, 5.74) is 7.84. The molecular formula is C40H57N5O2Si2. The molecule has 262 valence electrons. The van der Waals surface area contributed by atoms with E-state index in [1.54, 1.807) is 0 Å². The van der Waals surface area contributed by atoms with Gasteiger partial charge in [-0.15, -0.1) is 0 Å². The average Bonchev–Trinajstić information content (AvgIpc) is 3.74. The summed E-state index contributed by atoms with van der Waals surface area (Å²) in [6, 6.07) is 17.0. The highest BCUT2D eigenvalue weighted by atomic mass is 28.3. The zero-order chi connectivity index (χ0) is 34.2. The molecule has 49 heavy (non-hydrogen) atoms. The van der Waals surface area contributed by atoms with Crippen LogP contribution in [0.3, 0.4) is 0 Å². The lowest BCUT2D eigenvalue weighted by Crippen LogP contribution is -2.34. The third-order valence-corrected chi connectivity index (χ3v) is 14.3. The summed E-state index contributed by atoms with van der Waals surface area (Å²) in [6.07, 6.45) is 13.1. The van der Waals surface area contributed by atoms with E-state index in [-0.39, 0.29) is 0 Å². The van der Waals surface area contributed by atoms with Crippen molar-refractivity contribution >= 4 is 27.6 Å². The topological polar surface area (TPSA) is 64.8 Å². The van der Waals surface area contributed by atoms with Gasteiger partial charge in [0, 0.05) is 63.7 Å². The Kier molecular flexibility index (Phi) is 10.2. The van der Waals surface area contributed by atoms with Crippen LogP contribution >= 0.6 is 0 Å². The van der Waals surface area contributed by atoms with Crippen molar-refractivity contribution in [3.8, 4) is 22.4 Å². The van der Waals surface area contributed by atoms with Gasteiger partial charge < -0.3 is 14.4 Å². The summed E-state index contributed by atoms with van der Waals surface area (Å²) >= 11 is 0. The number of anilines is 1. The zero-order valence-electron chi connectivity index (χ0n) is 30.8. The van der Waals surface area contributed by atoms with Crippen molar-refractivity contribution in [2.24, 2.45) is 11.8 Å². The lowest BCUT2D eigenvalue weighted by Gasteiger charge is -2.33. The molecule has 0 radical (unpaired) electrons. The Balaban J connectivity index is 1.31. The van der Waals surface area contributed by atoms with Crippen LogP contribution in [-0.2, 0) is 9.47 Å². The molecule has 0 aliphatic heterocycles. The Hall–Kier alpha value is -2.86. The highest BCUT2D eigenvalue weighted by Crippen LogP contribution is 2.53. The van der Waals surface area contributed by atoms with E-state index in [9.17, 15) is 0 Å². The highest BCUT2D eigenvalue weighted by Gasteiger charge is 2.41. The number of ether oxygens (including phenoxy) is 2. The fourth-order valence-electron chi connectivity index (χ4n) is 7.92. The summed E-state index contributed by atoms with van der Waals surface area (Å²) in [7, 11) is -2.45. The van der Waals surface area contributed by atoms with Crippen LogP contribution in [0.1, 0.15) is 68.0 Å². The second-order valence-electron chi connectivity index (χ2n) is 17.5. The largest absolute Gasteiger partial charge is 0.361 e. The van der Waals surface area contributed by atoms with Gasteiger partial charge in [0.05, 0.1) is 17.6 Å². The van der Waals surface area contributed by atoms with E-state index in [0.29, 0.717) is 25.3 Å². The SMILES string of the molecule is C[Si](C)(C)CCOCN(COCC[Si](C)(C)C)c1c(C2CC2)c([C@H]2C[C@@H]3CC[C@@H](C3)C2)nc2c(-c3ccc(-c4ccccc4)nc3)cnn12. The fourth-order valence-corrected chi connectivity index (χ4v) is 9.43. The van der Waals surface area contributed by atoms with Gasteiger partial charge in [-0.3, -0.25) is 4.98 Å². The third kappa shape index (κ3) is 8.38. The number of hydrogen-bond donors (Lipinski definition) is 0. The Morgan fingerprint density at radius 2 is 1.39 bits per heavy atom. The molecule has 4 aromatic rings. The number of aromatic nitrogens is 4. The molecule has 9 heteroatoms. The summed E-state index contributed by atoms with van der Waals surface area (Å²) in [4.78, 5) is 12.9. The van der Waals surface area contributed by atoms with Crippen LogP contribution < -0.4 is 4.90 Å². The van der Waals surface area contributed by atoms with Gasteiger partial charge in [0.2, 0.25) is 0 Å². The molecule has 0 saturated heterocycles. The van der Waals surface area contributed by atoms with E-state index in [0.717, 1.165) is 71.0 Å². The summed E-state index contributed by atoms with van der Waals surface area (Å²) in [5, 5.41) is 5.12. The minimum Gasteiger partial charge on any atom is -0.361 e. The summed E-state index contributed by atoms with van der Waals surface area (Å²) in [5.74, 6) is 3.83. The lowest BCUT2D eigenvalue weighted by molar-refractivity contribution is 0.0940. The molecule has 3 aliphatic carbocycles. The van der Waals surface area contributed by atoms with E-state index in [2.05, 4.69) is 85.1 Å². The van der Waals surface area contributed by atoms with Crippen LogP contribution in [0.2, 0.25) is 51.4 Å². The van der Waals surface area contributed by atoms with Gasteiger partial charge >= 0.3 is 0 Å². The van der Waals surface area contributed by atoms with E-state index in [4.69, 9.17) is 24.5 Å². The van der Waals surface area contributed by atoms with Gasteiger partial charge in [0.1, 0.15) is 19.3 Å². The van der Waals surface area contributed by atoms with Crippen molar-refractivity contribution in [3.63, 3.8) is 0 Å². The minimum absolute atomic E-state index is 0.494. The Morgan fingerprint density at radius 3 is 1.96 bits per heavy atom. The Labute approximate surface area is 295 Å². The van der Waals surface area contributed by atoms with Crippen molar-refractivity contribution < 1.29 is 9.47 Å². The monoisotopic (exact) mass is 695 g/mol. The van der Waals surface area contributed by atoms with E-state index in [1.807, 2.05) is 18.5 Å². The molecule has 0 unspecified atom stereocenters. The molecule has 2 bridgehead atoms. The van der Waals surface area contributed by atoms with Crippen molar-refractivity contribution in [1.29, 1.82) is 0 Å². The molecule has 3 aliphatic rings. The van der Waals surface area contributed by atoms with Gasteiger partial charge in [-0.05, 0) is 68.0 Å². The standard InChI is InChI=1S/C40H57N5O2Si2/c1-48(2,3)20-18-46-27-44(28-47-19-21-49(4,5)6)40-37(32-14-15-32)38(34-23-29-12-13-30(22-29)24-34)43-39-35(26-42-45(39)40)33-16-17-36(41-25-33)31-10-8-7-9-11-31/h7-11,16-17,25-26,29-30,32,34H,12-15,18-24,27-28H2,1-6H3/t29-,30+,34+. The molecule has 3 atom stereocenters. The van der Waals surface area contributed by atoms with Crippen molar-refractivity contribution in [2.45, 2.75) is 108 Å². The maximum Gasteiger partial charge on any atom is 0.165 e. The minimum atomic E-state index is -1.23. The number of hydrogen-bond acceptors (Lipinski definition) is 6. The molecule has 0 spiro atoms. The van der Waals surface area contributed by atoms with Crippen LogP contribution in [0, 0.1) is 11.8 Å². The summed E-state index contributed by atoms with van der Waals surface area (Å²) in [6.45, 7) is 17.0. The van der Waals surface area contributed by atoms with Crippen LogP contribution in [0.4, 0.5) is 5.82 Å². The number of fused-ring (bicyclic) bond motifs is 3. The van der Waals surface area contributed by atoms with Crippen LogP contribution in [0.15, 0.2) is 54.9 Å². The fraction of sp³-hybridized carbons (Fsp3) is 0.575. The predicted octanol–water partition coefficient (Wildman–Crippen LogP) is 10.1. The molecule has 1 aromatic carbocycles. The van der Waals surface area contributed by atoms with E-state index in [1.165, 1.54) is 56.2 Å². The molecule has 3 aromatic heterocycles.